The second-order valence-electron chi connectivity index (χ2n) is 8.35. The number of carbonyl (C=O) groups is 1. The van der Waals surface area contributed by atoms with Crippen LogP contribution in [-0.2, 0) is 4.79 Å². The zero-order valence-corrected chi connectivity index (χ0v) is 21.2. The predicted octanol–water partition coefficient (Wildman–Crippen LogP) is 5.77. The Balaban J connectivity index is 1.30. The number of fused-ring (bicyclic) bond motifs is 1. The number of hydrogen-bond donors (Lipinski definition) is 1. The van der Waals surface area contributed by atoms with E-state index in [0.717, 1.165) is 17.0 Å². The van der Waals surface area contributed by atoms with Crippen LogP contribution < -0.4 is 14.2 Å². The summed E-state index contributed by atoms with van der Waals surface area (Å²) < 4.78 is 17.1. The summed E-state index contributed by atoms with van der Waals surface area (Å²) in [6.45, 7) is 2.75. The molecule has 2 aliphatic rings. The van der Waals surface area contributed by atoms with Gasteiger partial charge < -0.3 is 14.2 Å². The second-order valence-corrected chi connectivity index (χ2v) is 9.19. The first-order chi connectivity index (χ1) is 18.0. The molecule has 2 heterocycles. The summed E-state index contributed by atoms with van der Waals surface area (Å²) in [6, 6.07) is 23.0. The largest absolute Gasteiger partial charge is 0.493 e. The van der Waals surface area contributed by atoms with E-state index >= 15 is 0 Å². The third kappa shape index (κ3) is 5.29. The van der Waals surface area contributed by atoms with E-state index in [9.17, 15) is 4.79 Å². The van der Waals surface area contributed by atoms with Gasteiger partial charge in [0.1, 0.15) is 24.8 Å². The molecular formula is C29H25N3O4S. The van der Waals surface area contributed by atoms with Crippen LogP contribution in [0.4, 0.5) is 0 Å². The van der Waals surface area contributed by atoms with Crippen molar-refractivity contribution in [2.45, 2.75) is 6.92 Å². The van der Waals surface area contributed by atoms with E-state index in [1.54, 1.807) is 30.2 Å². The van der Waals surface area contributed by atoms with Crippen LogP contribution in [0.3, 0.4) is 0 Å². The summed E-state index contributed by atoms with van der Waals surface area (Å²) in [5, 5.41) is 11.2. The molecule has 0 saturated heterocycles. The average molecular weight is 512 g/mol. The molecule has 0 radical (unpaired) electrons. The minimum absolute atomic E-state index is 0.0858. The Kier molecular flexibility index (Phi) is 7.09. The van der Waals surface area contributed by atoms with Crippen LogP contribution in [0, 0.1) is 12.3 Å². The van der Waals surface area contributed by atoms with Crippen LogP contribution in [-0.4, -0.2) is 42.1 Å². The van der Waals surface area contributed by atoms with Gasteiger partial charge in [0.15, 0.2) is 16.7 Å². The van der Waals surface area contributed by atoms with Crippen molar-refractivity contribution >= 4 is 40.4 Å². The lowest BCUT2D eigenvalue weighted by molar-refractivity contribution is -0.114. The first kappa shape index (κ1) is 24.4. The van der Waals surface area contributed by atoms with Gasteiger partial charge in [0.05, 0.1) is 18.4 Å². The molecule has 3 aromatic rings. The van der Waals surface area contributed by atoms with Gasteiger partial charge in [-0.1, -0.05) is 65.9 Å². The summed E-state index contributed by atoms with van der Waals surface area (Å²) in [5.74, 6) is 1.51. The van der Waals surface area contributed by atoms with Gasteiger partial charge in [-0.2, -0.15) is 4.99 Å². The van der Waals surface area contributed by atoms with Crippen molar-refractivity contribution < 1.29 is 19.0 Å². The van der Waals surface area contributed by atoms with Crippen LogP contribution in [0.1, 0.15) is 16.7 Å². The van der Waals surface area contributed by atoms with Crippen molar-refractivity contribution in [3.05, 3.63) is 100 Å². The van der Waals surface area contributed by atoms with Gasteiger partial charge in [-0.05, 0) is 48.4 Å². The number of ether oxygens (including phenoxy) is 3. The van der Waals surface area contributed by atoms with Gasteiger partial charge in [-0.25, -0.2) is 0 Å². The lowest BCUT2D eigenvalue weighted by Gasteiger charge is -2.27. The Bertz CT molecular complexity index is 1430. The highest BCUT2D eigenvalue weighted by Crippen LogP contribution is 2.37. The smallest absolute Gasteiger partial charge is 0.283 e. The number of amidine groups is 2. The third-order valence-corrected chi connectivity index (χ3v) is 6.64. The predicted molar refractivity (Wildman–Crippen MR) is 147 cm³/mol. The van der Waals surface area contributed by atoms with E-state index in [-0.39, 0.29) is 11.4 Å². The Hall–Kier alpha value is -4.30. The quantitative estimate of drug-likeness (QED) is 0.306. The van der Waals surface area contributed by atoms with Crippen LogP contribution in [0.2, 0.25) is 0 Å². The highest BCUT2D eigenvalue weighted by molar-refractivity contribution is 8.17. The van der Waals surface area contributed by atoms with Gasteiger partial charge in [-0.15, -0.1) is 0 Å². The first-order valence-corrected chi connectivity index (χ1v) is 12.6. The van der Waals surface area contributed by atoms with E-state index in [0.29, 0.717) is 35.4 Å². The maximum Gasteiger partial charge on any atom is 0.283 e. The molecule has 3 aromatic carbocycles. The highest BCUT2D eigenvalue weighted by atomic mass is 32.2. The van der Waals surface area contributed by atoms with Crippen LogP contribution in [0.5, 0.6) is 17.2 Å². The van der Waals surface area contributed by atoms with Crippen molar-refractivity contribution in [1.29, 1.82) is 5.41 Å². The minimum Gasteiger partial charge on any atom is -0.493 e. The van der Waals surface area contributed by atoms with Crippen LogP contribution in [0.25, 0.3) is 11.8 Å². The SMILES string of the molecule is COc1cc(/C=C2\C(=N)N3C(c4ccccc4)=CSC3=NC2=O)ccc1OCCOc1ccc(C)cc1. The maximum atomic E-state index is 12.8. The number of aryl methyl sites for hydroxylation is 1. The monoisotopic (exact) mass is 511 g/mol. The number of nitrogens with one attached hydrogen (secondary N) is 1. The highest BCUT2D eigenvalue weighted by Gasteiger charge is 2.36. The number of thioether (sulfide) groups is 1. The molecule has 0 bridgehead atoms. The van der Waals surface area contributed by atoms with Gasteiger partial charge in [0.2, 0.25) is 0 Å². The zero-order chi connectivity index (χ0) is 25.8. The number of rotatable bonds is 8. The van der Waals surface area contributed by atoms with Crippen molar-refractivity contribution in [3.8, 4) is 17.2 Å². The summed E-state index contributed by atoms with van der Waals surface area (Å²) in [4.78, 5) is 18.7. The molecule has 0 atom stereocenters. The fraction of sp³-hybridized carbons (Fsp3) is 0.138. The lowest BCUT2D eigenvalue weighted by atomic mass is 10.1. The average Bonchev–Trinajstić information content (AvgIpc) is 3.35. The lowest BCUT2D eigenvalue weighted by Crippen LogP contribution is -2.38. The molecule has 1 amide bonds. The fourth-order valence-corrected chi connectivity index (χ4v) is 4.81. The number of nitrogens with zero attached hydrogens (tertiary/aromatic N) is 2. The minimum atomic E-state index is -0.445. The molecule has 0 unspecified atom stereocenters. The van der Waals surface area contributed by atoms with E-state index in [1.165, 1.54) is 17.3 Å². The number of aliphatic imine (C=N–C) groups is 1. The van der Waals surface area contributed by atoms with Crippen molar-refractivity contribution in [1.82, 2.24) is 4.90 Å². The topological polar surface area (TPSA) is 84.2 Å². The molecule has 0 spiro atoms. The molecule has 186 valence electrons. The molecule has 0 aliphatic carbocycles. The summed E-state index contributed by atoms with van der Waals surface area (Å²) in [5.41, 5.74) is 3.85. The normalized spacial score (nSPS) is 15.8. The molecule has 7 nitrogen and oxygen atoms in total. The van der Waals surface area contributed by atoms with Crippen LogP contribution in [0.15, 0.2) is 88.8 Å². The summed E-state index contributed by atoms with van der Waals surface area (Å²) in [6.07, 6.45) is 1.66. The Labute approximate surface area is 219 Å². The Morgan fingerprint density at radius 2 is 1.73 bits per heavy atom. The molecule has 8 heteroatoms. The van der Waals surface area contributed by atoms with Gasteiger partial charge in [0.25, 0.3) is 5.91 Å². The van der Waals surface area contributed by atoms with Crippen molar-refractivity contribution in [3.63, 3.8) is 0 Å². The number of methoxy groups -OCH3 is 1. The summed E-state index contributed by atoms with van der Waals surface area (Å²) >= 11 is 1.34. The number of benzene rings is 3. The molecule has 0 aromatic heterocycles. The first-order valence-electron chi connectivity index (χ1n) is 11.7. The van der Waals surface area contributed by atoms with Gasteiger partial charge in [-0.3, -0.25) is 15.1 Å². The molecule has 37 heavy (non-hydrogen) atoms. The maximum absolute atomic E-state index is 12.8. The second kappa shape index (κ2) is 10.8. The van der Waals surface area contributed by atoms with E-state index in [1.807, 2.05) is 73.0 Å². The Morgan fingerprint density at radius 3 is 2.49 bits per heavy atom. The third-order valence-electron chi connectivity index (χ3n) is 5.81. The van der Waals surface area contributed by atoms with Gasteiger partial charge in [0, 0.05) is 5.41 Å². The summed E-state index contributed by atoms with van der Waals surface area (Å²) in [7, 11) is 1.56. The Morgan fingerprint density at radius 1 is 0.973 bits per heavy atom. The van der Waals surface area contributed by atoms with Crippen molar-refractivity contribution in [2.24, 2.45) is 4.99 Å². The standard InChI is InChI=1S/C29H25N3O4S/c1-19-8-11-22(12-9-19)35-14-15-36-25-13-10-20(17-26(25)34-2)16-23-27(30)32-24(21-6-4-3-5-7-21)18-37-29(32)31-28(23)33/h3-13,16-18,30H,14-15H2,1-2H3/b23-16+,30-27?. The molecule has 0 saturated carbocycles. The molecule has 0 fully saturated rings. The molecule has 2 aliphatic heterocycles. The number of carbonyl (C=O) groups excluding carboxylic acids is 1. The van der Waals surface area contributed by atoms with E-state index in [4.69, 9.17) is 19.6 Å². The molecule has 1 N–H and O–H groups in total. The number of amides is 1. The van der Waals surface area contributed by atoms with Crippen molar-refractivity contribution in [2.75, 3.05) is 20.3 Å². The molecule has 5 rings (SSSR count). The van der Waals surface area contributed by atoms with E-state index in [2.05, 4.69) is 4.99 Å². The van der Waals surface area contributed by atoms with Gasteiger partial charge >= 0.3 is 0 Å². The van der Waals surface area contributed by atoms with Crippen LogP contribution >= 0.6 is 11.8 Å². The number of hydrogen-bond acceptors (Lipinski definition) is 6. The van der Waals surface area contributed by atoms with E-state index < -0.39 is 5.91 Å². The zero-order valence-electron chi connectivity index (χ0n) is 20.4. The molecular weight excluding hydrogens is 486 g/mol. The fourth-order valence-electron chi connectivity index (χ4n) is 3.92.